The fourth-order valence-corrected chi connectivity index (χ4v) is 1.35. The molecule has 0 aliphatic heterocycles. The van der Waals surface area contributed by atoms with Crippen molar-refractivity contribution in [2.24, 2.45) is 11.5 Å². The molecule has 1 rings (SSSR count). The summed E-state index contributed by atoms with van der Waals surface area (Å²) in [5.74, 6) is -0.284. The van der Waals surface area contributed by atoms with Gasteiger partial charge in [0.15, 0.2) is 0 Å². The van der Waals surface area contributed by atoms with Crippen molar-refractivity contribution < 1.29 is 9.59 Å². The maximum Gasteiger partial charge on any atom is 0.217 e. The number of rotatable bonds is 6. The third-order valence-electron chi connectivity index (χ3n) is 2.22. The molecule has 100 valence electrons. The van der Waals surface area contributed by atoms with E-state index in [1.165, 1.54) is 5.56 Å². The summed E-state index contributed by atoms with van der Waals surface area (Å²) >= 11 is 0. The standard InChI is InChI=1S/C11H16N2O.C2H5NO/c12-10(6-7-11(13)14)8-9-4-2-1-3-5-9;1-3-2-4/h1-5,10H,6-8,12H2,(H2,13,14);2H,1H3,(H,3,4). The summed E-state index contributed by atoms with van der Waals surface area (Å²) in [6.45, 7) is 0. The normalized spacial score (nSPS) is 10.8. The number of hydrogen-bond acceptors (Lipinski definition) is 3. The molecular formula is C13H21N3O2. The molecule has 0 radical (unpaired) electrons. The average Bonchev–Trinajstić information content (AvgIpc) is 2.38. The molecule has 5 heteroatoms. The Kier molecular flexibility index (Phi) is 9.21. The highest BCUT2D eigenvalue weighted by atomic mass is 16.1. The van der Waals surface area contributed by atoms with Crippen molar-refractivity contribution in [3.05, 3.63) is 35.9 Å². The Morgan fingerprint density at radius 1 is 1.39 bits per heavy atom. The van der Waals surface area contributed by atoms with Gasteiger partial charge >= 0.3 is 0 Å². The lowest BCUT2D eigenvalue weighted by Crippen LogP contribution is -2.25. The molecule has 1 aromatic rings. The fourth-order valence-electron chi connectivity index (χ4n) is 1.35. The number of amides is 2. The van der Waals surface area contributed by atoms with Crippen LogP contribution in [0.25, 0.3) is 0 Å². The van der Waals surface area contributed by atoms with E-state index in [0.29, 0.717) is 19.3 Å². The molecule has 1 atom stereocenters. The second kappa shape index (κ2) is 10.3. The van der Waals surface area contributed by atoms with Crippen LogP contribution < -0.4 is 16.8 Å². The van der Waals surface area contributed by atoms with E-state index in [1.807, 2.05) is 30.3 Å². The zero-order valence-corrected chi connectivity index (χ0v) is 10.6. The first kappa shape index (κ1) is 16.1. The molecule has 0 aliphatic rings. The minimum atomic E-state index is -0.284. The first-order chi connectivity index (χ1) is 8.60. The van der Waals surface area contributed by atoms with Crippen LogP contribution in [0.1, 0.15) is 18.4 Å². The lowest BCUT2D eigenvalue weighted by Gasteiger charge is -2.09. The van der Waals surface area contributed by atoms with Crippen LogP contribution in [0.5, 0.6) is 0 Å². The summed E-state index contributed by atoms with van der Waals surface area (Å²) in [5, 5.41) is 2.25. The van der Waals surface area contributed by atoms with E-state index >= 15 is 0 Å². The Morgan fingerprint density at radius 3 is 2.39 bits per heavy atom. The molecule has 0 spiro atoms. The summed E-state index contributed by atoms with van der Waals surface area (Å²) in [6.07, 6.45) is 2.45. The number of benzene rings is 1. The molecule has 0 aromatic heterocycles. The first-order valence-corrected chi connectivity index (χ1v) is 5.78. The number of carbonyl (C=O) groups is 2. The predicted octanol–water partition coefficient (Wildman–Crippen LogP) is 0.184. The Balaban J connectivity index is 0.000000631. The van der Waals surface area contributed by atoms with Crippen LogP contribution in [0.15, 0.2) is 30.3 Å². The highest BCUT2D eigenvalue weighted by Crippen LogP contribution is 2.05. The van der Waals surface area contributed by atoms with Crippen LogP contribution in [0.4, 0.5) is 0 Å². The van der Waals surface area contributed by atoms with Gasteiger partial charge in [0, 0.05) is 19.5 Å². The summed E-state index contributed by atoms with van der Waals surface area (Å²) in [6, 6.07) is 10.0. The quantitative estimate of drug-likeness (QED) is 0.629. The first-order valence-electron chi connectivity index (χ1n) is 5.78. The number of primary amides is 1. The van der Waals surface area contributed by atoms with E-state index < -0.39 is 0 Å². The smallest absolute Gasteiger partial charge is 0.217 e. The largest absolute Gasteiger partial charge is 0.370 e. The van der Waals surface area contributed by atoms with Crippen molar-refractivity contribution >= 4 is 12.3 Å². The molecule has 0 aliphatic carbocycles. The van der Waals surface area contributed by atoms with Gasteiger partial charge in [-0.15, -0.1) is 0 Å². The van der Waals surface area contributed by atoms with Gasteiger partial charge < -0.3 is 16.8 Å². The summed E-state index contributed by atoms with van der Waals surface area (Å²) < 4.78 is 0. The Bertz CT molecular complexity index is 341. The van der Waals surface area contributed by atoms with Crippen molar-refractivity contribution in [3.63, 3.8) is 0 Å². The highest BCUT2D eigenvalue weighted by molar-refractivity contribution is 5.73. The van der Waals surface area contributed by atoms with Gasteiger partial charge in [0.2, 0.25) is 12.3 Å². The molecule has 0 saturated heterocycles. The van der Waals surface area contributed by atoms with Crippen molar-refractivity contribution in [3.8, 4) is 0 Å². The molecule has 1 aromatic carbocycles. The zero-order valence-electron chi connectivity index (χ0n) is 10.6. The minimum absolute atomic E-state index is 0.0184. The Hall–Kier alpha value is -1.88. The maximum absolute atomic E-state index is 10.5. The van der Waals surface area contributed by atoms with E-state index in [4.69, 9.17) is 16.3 Å². The van der Waals surface area contributed by atoms with Gasteiger partial charge in [-0.2, -0.15) is 0 Å². The number of nitrogens with one attached hydrogen (secondary N) is 1. The second-order valence-corrected chi connectivity index (χ2v) is 3.86. The minimum Gasteiger partial charge on any atom is -0.370 e. The molecule has 5 nitrogen and oxygen atoms in total. The molecule has 0 heterocycles. The molecule has 2 amide bonds. The van der Waals surface area contributed by atoms with Crippen LogP contribution >= 0.6 is 0 Å². The highest BCUT2D eigenvalue weighted by Gasteiger charge is 2.05. The molecule has 0 saturated carbocycles. The molecule has 0 fully saturated rings. The van der Waals surface area contributed by atoms with Crippen molar-refractivity contribution in [2.75, 3.05) is 7.05 Å². The van der Waals surface area contributed by atoms with Crippen LogP contribution in [0, 0.1) is 0 Å². The Morgan fingerprint density at radius 2 is 1.94 bits per heavy atom. The average molecular weight is 251 g/mol. The summed E-state index contributed by atoms with van der Waals surface area (Å²) in [5.41, 5.74) is 12.1. The molecule has 18 heavy (non-hydrogen) atoms. The SMILES string of the molecule is CNC=O.NC(=O)CCC(N)Cc1ccccc1. The maximum atomic E-state index is 10.5. The fraction of sp³-hybridized carbons (Fsp3) is 0.385. The third kappa shape index (κ3) is 9.35. The van der Waals surface area contributed by atoms with Crippen LogP contribution in [-0.4, -0.2) is 25.4 Å². The van der Waals surface area contributed by atoms with Crippen molar-refractivity contribution in [2.45, 2.75) is 25.3 Å². The lowest BCUT2D eigenvalue weighted by atomic mass is 10.0. The van der Waals surface area contributed by atoms with Gasteiger partial charge in [-0.25, -0.2) is 0 Å². The summed E-state index contributed by atoms with van der Waals surface area (Å²) in [4.78, 5) is 19.6. The van der Waals surface area contributed by atoms with Gasteiger partial charge in [-0.1, -0.05) is 30.3 Å². The zero-order chi connectivity index (χ0) is 13.8. The van der Waals surface area contributed by atoms with Crippen molar-refractivity contribution in [1.29, 1.82) is 0 Å². The van der Waals surface area contributed by atoms with Gasteiger partial charge in [0.05, 0.1) is 0 Å². The van der Waals surface area contributed by atoms with Crippen LogP contribution in [0.2, 0.25) is 0 Å². The third-order valence-corrected chi connectivity index (χ3v) is 2.22. The molecular weight excluding hydrogens is 230 g/mol. The lowest BCUT2D eigenvalue weighted by molar-refractivity contribution is -0.118. The van der Waals surface area contributed by atoms with E-state index in [9.17, 15) is 4.79 Å². The number of carbonyl (C=O) groups excluding carboxylic acids is 2. The van der Waals surface area contributed by atoms with Gasteiger partial charge in [-0.3, -0.25) is 9.59 Å². The van der Waals surface area contributed by atoms with Crippen molar-refractivity contribution in [1.82, 2.24) is 5.32 Å². The van der Waals surface area contributed by atoms with E-state index in [2.05, 4.69) is 5.32 Å². The predicted molar refractivity (Wildman–Crippen MR) is 71.7 cm³/mol. The van der Waals surface area contributed by atoms with Crippen LogP contribution in [-0.2, 0) is 16.0 Å². The molecule has 0 bridgehead atoms. The number of nitrogens with two attached hydrogens (primary N) is 2. The van der Waals surface area contributed by atoms with E-state index in [-0.39, 0.29) is 11.9 Å². The Labute approximate surface area is 108 Å². The number of hydrogen-bond donors (Lipinski definition) is 3. The van der Waals surface area contributed by atoms with Gasteiger partial charge in [0.25, 0.3) is 0 Å². The molecule has 1 unspecified atom stereocenters. The van der Waals surface area contributed by atoms with Gasteiger partial charge in [-0.05, 0) is 18.4 Å². The monoisotopic (exact) mass is 251 g/mol. The van der Waals surface area contributed by atoms with E-state index in [1.54, 1.807) is 7.05 Å². The summed E-state index contributed by atoms with van der Waals surface area (Å²) in [7, 11) is 1.56. The molecule has 5 N–H and O–H groups in total. The van der Waals surface area contributed by atoms with Crippen LogP contribution in [0.3, 0.4) is 0 Å². The van der Waals surface area contributed by atoms with E-state index in [0.717, 1.165) is 6.42 Å². The van der Waals surface area contributed by atoms with Gasteiger partial charge in [0.1, 0.15) is 0 Å². The topological polar surface area (TPSA) is 98.2 Å². The second-order valence-electron chi connectivity index (χ2n) is 3.86.